The largest absolute Gasteiger partial charge is 0.411 e. The average molecular weight is 213 g/mol. The van der Waals surface area contributed by atoms with Crippen LogP contribution in [0.1, 0.15) is 33.1 Å². The summed E-state index contributed by atoms with van der Waals surface area (Å²) in [4.78, 5) is 0. The van der Waals surface area contributed by atoms with E-state index in [0.29, 0.717) is 6.42 Å². The summed E-state index contributed by atoms with van der Waals surface area (Å²) >= 11 is 0. The van der Waals surface area contributed by atoms with Crippen molar-refractivity contribution in [3.8, 4) is 0 Å². The van der Waals surface area contributed by atoms with E-state index in [1.54, 1.807) is 0 Å². The van der Waals surface area contributed by atoms with Crippen molar-refractivity contribution in [2.45, 2.75) is 44.8 Å². The molecule has 2 nitrogen and oxygen atoms in total. The molecule has 0 aromatic heterocycles. The Morgan fingerprint density at radius 2 is 1.79 bits per heavy atom. The van der Waals surface area contributed by atoms with Gasteiger partial charge in [0, 0.05) is 12.1 Å². The van der Waals surface area contributed by atoms with Gasteiger partial charge in [0.1, 0.15) is 6.61 Å². The van der Waals surface area contributed by atoms with E-state index in [0.717, 1.165) is 12.8 Å². The summed E-state index contributed by atoms with van der Waals surface area (Å²) in [5, 5.41) is 0. The number of ether oxygens (including phenoxy) is 1. The summed E-state index contributed by atoms with van der Waals surface area (Å²) in [7, 11) is 0. The summed E-state index contributed by atoms with van der Waals surface area (Å²) in [5.41, 5.74) is 5.40. The van der Waals surface area contributed by atoms with Gasteiger partial charge in [-0.2, -0.15) is 13.2 Å². The minimum absolute atomic E-state index is 0.0620. The van der Waals surface area contributed by atoms with Crippen LogP contribution in [-0.2, 0) is 4.74 Å². The number of nitrogens with two attached hydrogens (primary N) is 1. The fraction of sp³-hybridized carbons (Fsp3) is 1.00. The molecule has 2 N–H and O–H groups in total. The second kappa shape index (κ2) is 5.56. The molecule has 1 atom stereocenters. The Hall–Kier alpha value is -0.290. The average Bonchev–Trinajstić information content (AvgIpc) is 1.96. The van der Waals surface area contributed by atoms with Crippen LogP contribution >= 0.6 is 0 Å². The summed E-state index contributed by atoms with van der Waals surface area (Å²) in [6.45, 7) is 2.69. The standard InChI is InChI=1S/C9H18F3NO/c1-3-4-8(2,13)5-6-14-7-9(10,11)12/h3-7,13H2,1-2H3. The molecular weight excluding hydrogens is 195 g/mol. The Morgan fingerprint density at radius 3 is 2.21 bits per heavy atom. The summed E-state index contributed by atoms with van der Waals surface area (Å²) in [6, 6.07) is 0. The molecule has 86 valence electrons. The maximum atomic E-state index is 11.7. The predicted octanol–water partition coefficient (Wildman–Crippen LogP) is 2.47. The smallest absolute Gasteiger partial charge is 0.372 e. The first-order valence-electron chi connectivity index (χ1n) is 4.70. The Bertz CT molecular complexity index is 157. The fourth-order valence-electron chi connectivity index (χ4n) is 1.19. The Kier molecular flexibility index (Phi) is 5.44. The summed E-state index contributed by atoms with van der Waals surface area (Å²) in [5.74, 6) is 0. The highest BCUT2D eigenvalue weighted by molar-refractivity contribution is 4.77. The fourth-order valence-corrected chi connectivity index (χ4v) is 1.19. The highest BCUT2D eigenvalue weighted by Crippen LogP contribution is 2.16. The van der Waals surface area contributed by atoms with Crippen molar-refractivity contribution >= 4 is 0 Å². The van der Waals surface area contributed by atoms with Crippen molar-refractivity contribution in [2.24, 2.45) is 5.73 Å². The maximum Gasteiger partial charge on any atom is 0.411 e. The molecule has 0 aromatic carbocycles. The number of alkyl halides is 3. The lowest BCUT2D eigenvalue weighted by molar-refractivity contribution is -0.174. The lowest BCUT2D eigenvalue weighted by Crippen LogP contribution is -2.37. The van der Waals surface area contributed by atoms with E-state index in [9.17, 15) is 13.2 Å². The molecule has 0 amide bonds. The van der Waals surface area contributed by atoms with Crippen molar-refractivity contribution in [3.63, 3.8) is 0 Å². The first kappa shape index (κ1) is 13.7. The zero-order valence-corrected chi connectivity index (χ0v) is 8.66. The van der Waals surface area contributed by atoms with Crippen molar-refractivity contribution in [2.75, 3.05) is 13.2 Å². The normalized spacial score (nSPS) is 16.7. The van der Waals surface area contributed by atoms with E-state index in [2.05, 4.69) is 4.74 Å². The van der Waals surface area contributed by atoms with Crippen LogP contribution in [0.15, 0.2) is 0 Å². The van der Waals surface area contributed by atoms with Crippen molar-refractivity contribution in [1.29, 1.82) is 0 Å². The molecule has 0 aliphatic carbocycles. The van der Waals surface area contributed by atoms with E-state index in [-0.39, 0.29) is 6.61 Å². The third kappa shape index (κ3) is 8.31. The van der Waals surface area contributed by atoms with Gasteiger partial charge in [-0.3, -0.25) is 0 Å². The van der Waals surface area contributed by atoms with Crippen LogP contribution in [0.25, 0.3) is 0 Å². The molecule has 5 heteroatoms. The first-order valence-corrected chi connectivity index (χ1v) is 4.70. The Morgan fingerprint density at radius 1 is 1.21 bits per heavy atom. The molecule has 0 rings (SSSR count). The van der Waals surface area contributed by atoms with Crippen LogP contribution in [0.4, 0.5) is 13.2 Å². The maximum absolute atomic E-state index is 11.7. The van der Waals surface area contributed by atoms with Gasteiger partial charge in [-0.1, -0.05) is 13.3 Å². The topological polar surface area (TPSA) is 35.2 Å². The molecule has 0 saturated carbocycles. The zero-order valence-electron chi connectivity index (χ0n) is 8.66. The van der Waals surface area contributed by atoms with Gasteiger partial charge in [0.05, 0.1) is 0 Å². The minimum atomic E-state index is -4.24. The highest BCUT2D eigenvalue weighted by Gasteiger charge is 2.27. The first-order chi connectivity index (χ1) is 6.27. The lowest BCUT2D eigenvalue weighted by atomic mass is 9.94. The van der Waals surface area contributed by atoms with Gasteiger partial charge in [-0.15, -0.1) is 0 Å². The number of hydrogen-bond donors (Lipinski definition) is 1. The van der Waals surface area contributed by atoms with Crippen molar-refractivity contribution in [1.82, 2.24) is 0 Å². The van der Waals surface area contributed by atoms with Gasteiger partial charge in [0.2, 0.25) is 0 Å². The third-order valence-electron chi connectivity index (χ3n) is 1.90. The number of hydrogen-bond acceptors (Lipinski definition) is 2. The molecule has 0 aromatic rings. The summed E-state index contributed by atoms with van der Waals surface area (Å²) in [6.07, 6.45) is -2.07. The molecule has 0 spiro atoms. The molecule has 0 fully saturated rings. The molecule has 0 saturated heterocycles. The Balaban J connectivity index is 3.54. The van der Waals surface area contributed by atoms with Gasteiger partial charge in [-0.05, 0) is 19.8 Å². The van der Waals surface area contributed by atoms with Crippen LogP contribution in [0.2, 0.25) is 0 Å². The lowest BCUT2D eigenvalue weighted by Gasteiger charge is -2.23. The Labute approximate surface area is 82.6 Å². The van der Waals surface area contributed by atoms with E-state index >= 15 is 0 Å². The van der Waals surface area contributed by atoms with Gasteiger partial charge in [0.25, 0.3) is 0 Å². The third-order valence-corrected chi connectivity index (χ3v) is 1.90. The molecule has 0 heterocycles. The molecule has 1 unspecified atom stereocenters. The molecule has 0 aliphatic rings. The van der Waals surface area contributed by atoms with Gasteiger partial charge >= 0.3 is 6.18 Å². The van der Waals surface area contributed by atoms with Gasteiger partial charge < -0.3 is 10.5 Å². The number of halogens is 3. The van der Waals surface area contributed by atoms with Crippen LogP contribution in [0.5, 0.6) is 0 Å². The molecule has 0 aliphatic heterocycles. The van der Waals surface area contributed by atoms with E-state index in [1.807, 2.05) is 13.8 Å². The second-order valence-corrected chi connectivity index (χ2v) is 3.82. The van der Waals surface area contributed by atoms with Crippen LogP contribution in [0, 0.1) is 0 Å². The SMILES string of the molecule is CCCC(C)(N)CCOCC(F)(F)F. The van der Waals surface area contributed by atoms with Crippen LogP contribution in [-0.4, -0.2) is 24.9 Å². The van der Waals surface area contributed by atoms with Crippen LogP contribution in [0.3, 0.4) is 0 Å². The molecule has 14 heavy (non-hydrogen) atoms. The zero-order chi connectivity index (χ0) is 11.2. The second-order valence-electron chi connectivity index (χ2n) is 3.82. The monoisotopic (exact) mass is 213 g/mol. The summed E-state index contributed by atoms with van der Waals surface area (Å²) < 4.78 is 39.5. The molecule has 0 radical (unpaired) electrons. The van der Waals surface area contributed by atoms with E-state index < -0.39 is 18.3 Å². The van der Waals surface area contributed by atoms with E-state index in [1.165, 1.54) is 0 Å². The van der Waals surface area contributed by atoms with Crippen molar-refractivity contribution in [3.05, 3.63) is 0 Å². The van der Waals surface area contributed by atoms with E-state index in [4.69, 9.17) is 5.73 Å². The van der Waals surface area contributed by atoms with Gasteiger partial charge in [-0.25, -0.2) is 0 Å². The van der Waals surface area contributed by atoms with Crippen molar-refractivity contribution < 1.29 is 17.9 Å². The van der Waals surface area contributed by atoms with Gasteiger partial charge in [0.15, 0.2) is 0 Å². The highest BCUT2D eigenvalue weighted by atomic mass is 19.4. The number of rotatable bonds is 6. The molecular formula is C9H18F3NO. The van der Waals surface area contributed by atoms with Crippen LogP contribution < -0.4 is 5.73 Å². The molecule has 0 bridgehead atoms. The quantitative estimate of drug-likeness (QED) is 0.688. The minimum Gasteiger partial charge on any atom is -0.372 e. The predicted molar refractivity (Wildman–Crippen MR) is 49.0 cm³/mol.